The standard InChI is InChI=1S/C15H24N2O3/c1-4-6-12(10-19-3)17-11-7-8-14(16)13(9-11)15(18)20-5-2/h7-9,12,17H,4-6,10,16H2,1-3H3. The first-order chi connectivity index (χ1) is 9.62. The van der Waals surface area contributed by atoms with Crippen LogP contribution in [0.3, 0.4) is 0 Å². The highest BCUT2D eigenvalue weighted by Gasteiger charge is 2.13. The zero-order valence-corrected chi connectivity index (χ0v) is 12.4. The van der Waals surface area contributed by atoms with Crippen LogP contribution in [-0.4, -0.2) is 32.3 Å². The van der Waals surface area contributed by atoms with Gasteiger partial charge in [-0.1, -0.05) is 13.3 Å². The number of hydrogen-bond donors (Lipinski definition) is 2. The fourth-order valence-corrected chi connectivity index (χ4v) is 2.01. The smallest absolute Gasteiger partial charge is 0.340 e. The lowest BCUT2D eigenvalue weighted by molar-refractivity contribution is 0.0527. The summed E-state index contributed by atoms with van der Waals surface area (Å²) in [5.74, 6) is -0.396. The lowest BCUT2D eigenvalue weighted by Gasteiger charge is -2.19. The largest absolute Gasteiger partial charge is 0.462 e. The Hall–Kier alpha value is -1.75. The van der Waals surface area contributed by atoms with Crippen LogP contribution in [0, 0.1) is 0 Å². The molecule has 1 rings (SSSR count). The molecule has 112 valence electrons. The number of carbonyl (C=O) groups excluding carboxylic acids is 1. The van der Waals surface area contributed by atoms with Gasteiger partial charge in [-0.3, -0.25) is 0 Å². The van der Waals surface area contributed by atoms with E-state index in [9.17, 15) is 4.79 Å². The molecule has 1 aromatic rings. The minimum Gasteiger partial charge on any atom is -0.462 e. The zero-order chi connectivity index (χ0) is 15.0. The predicted octanol–water partition coefficient (Wildman–Crippen LogP) is 2.67. The second kappa shape index (κ2) is 8.43. The van der Waals surface area contributed by atoms with Gasteiger partial charge < -0.3 is 20.5 Å². The van der Waals surface area contributed by atoms with Gasteiger partial charge >= 0.3 is 5.97 Å². The van der Waals surface area contributed by atoms with Gasteiger partial charge in [-0.25, -0.2) is 4.79 Å². The second-order valence-corrected chi connectivity index (χ2v) is 4.61. The summed E-state index contributed by atoms with van der Waals surface area (Å²) in [5.41, 5.74) is 7.48. The number of ether oxygens (including phenoxy) is 2. The van der Waals surface area contributed by atoms with E-state index in [1.165, 1.54) is 0 Å². The third-order valence-electron chi connectivity index (χ3n) is 2.92. The van der Waals surface area contributed by atoms with Gasteiger partial charge in [0.15, 0.2) is 0 Å². The number of rotatable bonds is 8. The van der Waals surface area contributed by atoms with E-state index in [1.54, 1.807) is 26.2 Å². The van der Waals surface area contributed by atoms with E-state index in [4.69, 9.17) is 15.2 Å². The van der Waals surface area contributed by atoms with E-state index in [0.717, 1.165) is 18.5 Å². The van der Waals surface area contributed by atoms with Crippen LogP contribution in [0.4, 0.5) is 11.4 Å². The normalized spacial score (nSPS) is 11.9. The molecule has 5 nitrogen and oxygen atoms in total. The SMILES string of the molecule is CCCC(COC)Nc1ccc(N)c(C(=O)OCC)c1. The molecule has 20 heavy (non-hydrogen) atoms. The van der Waals surface area contributed by atoms with Crippen LogP contribution in [0.25, 0.3) is 0 Å². The Kier molecular flexibility index (Phi) is 6.87. The van der Waals surface area contributed by atoms with Crippen LogP contribution in [0.1, 0.15) is 37.0 Å². The molecule has 0 radical (unpaired) electrons. The molecule has 0 spiro atoms. The first-order valence-electron chi connectivity index (χ1n) is 6.94. The lowest BCUT2D eigenvalue weighted by atomic mass is 10.1. The van der Waals surface area contributed by atoms with Crippen molar-refractivity contribution in [3.63, 3.8) is 0 Å². The van der Waals surface area contributed by atoms with E-state index < -0.39 is 5.97 Å². The summed E-state index contributed by atoms with van der Waals surface area (Å²) in [4.78, 5) is 11.8. The summed E-state index contributed by atoms with van der Waals surface area (Å²) in [6.07, 6.45) is 2.05. The molecule has 3 N–H and O–H groups in total. The van der Waals surface area contributed by atoms with Gasteiger partial charge in [-0.15, -0.1) is 0 Å². The molecule has 0 saturated carbocycles. The first-order valence-corrected chi connectivity index (χ1v) is 6.94. The minimum absolute atomic E-state index is 0.212. The highest BCUT2D eigenvalue weighted by molar-refractivity contribution is 5.96. The summed E-state index contributed by atoms with van der Waals surface area (Å²) in [5, 5.41) is 3.36. The van der Waals surface area contributed by atoms with Gasteiger partial charge in [0, 0.05) is 24.5 Å². The molecule has 0 aromatic heterocycles. The molecule has 0 saturated heterocycles. The molecule has 0 amide bonds. The van der Waals surface area contributed by atoms with E-state index in [2.05, 4.69) is 12.2 Å². The Morgan fingerprint density at radius 1 is 1.40 bits per heavy atom. The topological polar surface area (TPSA) is 73.6 Å². The van der Waals surface area contributed by atoms with E-state index in [-0.39, 0.29) is 6.04 Å². The van der Waals surface area contributed by atoms with Crippen molar-refractivity contribution in [2.45, 2.75) is 32.7 Å². The number of hydrogen-bond acceptors (Lipinski definition) is 5. The second-order valence-electron chi connectivity index (χ2n) is 4.61. The van der Waals surface area contributed by atoms with E-state index >= 15 is 0 Å². The molecule has 0 aliphatic rings. The molecule has 1 atom stereocenters. The van der Waals surface area contributed by atoms with Gasteiger partial charge in [0.1, 0.15) is 0 Å². The van der Waals surface area contributed by atoms with Crippen LogP contribution < -0.4 is 11.1 Å². The van der Waals surface area contributed by atoms with Crippen molar-refractivity contribution in [1.82, 2.24) is 0 Å². The van der Waals surface area contributed by atoms with Crippen molar-refractivity contribution in [3.05, 3.63) is 23.8 Å². The van der Waals surface area contributed by atoms with E-state index in [1.807, 2.05) is 6.07 Å². The van der Waals surface area contributed by atoms with Crippen molar-refractivity contribution in [2.75, 3.05) is 31.4 Å². The Balaban J connectivity index is 2.85. The molecular weight excluding hydrogens is 256 g/mol. The summed E-state index contributed by atoms with van der Waals surface area (Å²) in [6, 6.07) is 5.51. The number of benzene rings is 1. The maximum atomic E-state index is 11.8. The van der Waals surface area contributed by atoms with Crippen LogP contribution in [0.2, 0.25) is 0 Å². The highest BCUT2D eigenvalue weighted by Crippen LogP contribution is 2.20. The monoisotopic (exact) mass is 280 g/mol. The van der Waals surface area contributed by atoms with Crippen molar-refractivity contribution in [3.8, 4) is 0 Å². The fraction of sp³-hybridized carbons (Fsp3) is 0.533. The number of anilines is 2. The maximum absolute atomic E-state index is 11.8. The molecule has 0 aliphatic carbocycles. The molecular formula is C15H24N2O3. The maximum Gasteiger partial charge on any atom is 0.340 e. The lowest BCUT2D eigenvalue weighted by Crippen LogP contribution is -2.24. The Labute approximate surface area is 120 Å². The van der Waals surface area contributed by atoms with Gasteiger partial charge in [0.05, 0.1) is 18.8 Å². The van der Waals surface area contributed by atoms with E-state index in [0.29, 0.717) is 24.5 Å². The average Bonchev–Trinajstić information content (AvgIpc) is 2.41. The number of nitrogens with two attached hydrogens (primary N) is 1. The first kappa shape index (κ1) is 16.3. The van der Waals surface area contributed by atoms with Crippen molar-refractivity contribution in [2.24, 2.45) is 0 Å². The third-order valence-corrected chi connectivity index (χ3v) is 2.92. The highest BCUT2D eigenvalue weighted by atomic mass is 16.5. The summed E-state index contributed by atoms with van der Waals surface area (Å²) >= 11 is 0. The van der Waals surface area contributed by atoms with Gasteiger partial charge in [-0.2, -0.15) is 0 Å². The van der Waals surface area contributed by atoms with Crippen LogP contribution >= 0.6 is 0 Å². The van der Waals surface area contributed by atoms with Crippen molar-refractivity contribution >= 4 is 17.3 Å². The number of methoxy groups -OCH3 is 1. The molecule has 0 bridgehead atoms. The molecule has 0 heterocycles. The molecule has 0 fully saturated rings. The summed E-state index contributed by atoms with van der Waals surface area (Å²) in [6.45, 7) is 4.84. The Morgan fingerprint density at radius 3 is 2.75 bits per heavy atom. The summed E-state index contributed by atoms with van der Waals surface area (Å²) < 4.78 is 10.2. The zero-order valence-electron chi connectivity index (χ0n) is 12.4. The number of carbonyl (C=O) groups is 1. The number of esters is 1. The van der Waals surface area contributed by atoms with Crippen molar-refractivity contribution < 1.29 is 14.3 Å². The molecule has 0 aliphatic heterocycles. The molecule has 5 heteroatoms. The minimum atomic E-state index is -0.396. The van der Waals surface area contributed by atoms with Crippen LogP contribution in [0.15, 0.2) is 18.2 Å². The van der Waals surface area contributed by atoms with Gasteiger partial charge in [-0.05, 0) is 31.5 Å². The van der Waals surface area contributed by atoms with Gasteiger partial charge in [0.25, 0.3) is 0 Å². The molecule has 1 aromatic carbocycles. The number of nitrogen functional groups attached to an aromatic ring is 1. The Bertz CT molecular complexity index is 429. The van der Waals surface area contributed by atoms with Crippen molar-refractivity contribution in [1.29, 1.82) is 0 Å². The van der Waals surface area contributed by atoms with Gasteiger partial charge in [0.2, 0.25) is 0 Å². The van der Waals surface area contributed by atoms with Crippen LogP contribution in [-0.2, 0) is 9.47 Å². The quantitative estimate of drug-likeness (QED) is 0.565. The molecule has 1 unspecified atom stereocenters. The third kappa shape index (κ3) is 4.74. The Morgan fingerprint density at radius 2 is 2.15 bits per heavy atom. The average molecular weight is 280 g/mol. The fourth-order valence-electron chi connectivity index (χ4n) is 2.01. The van der Waals surface area contributed by atoms with Crippen LogP contribution in [0.5, 0.6) is 0 Å². The number of nitrogens with one attached hydrogen (secondary N) is 1. The predicted molar refractivity (Wildman–Crippen MR) is 81.0 cm³/mol. The summed E-state index contributed by atoms with van der Waals surface area (Å²) in [7, 11) is 1.68.